The molecule has 2 aromatic heterocycles. The Hall–Kier alpha value is -6.19. The SMILES string of the molecule is Cc1nc(C(=O)N[C@H]2CCCNC2=O)ccc1-c1ccc(C[C@@H](C(N)=O)N(C(=O)C2CCC(CNC(=O)OC(C)(C)C)CC2)c2ccc(-c3nn[nH]n3)cc2)cc1. The number of rotatable bonds is 12. The number of ether oxygens (including phenoxy) is 1. The lowest BCUT2D eigenvalue weighted by Gasteiger charge is -2.36. The fourth-order valence-electron chi connectivity index (χ4n) is 7.37. The first-order chi connectivity index (χ1) is 27.3. The summed E-state index contributed by atoms with van der Waals surface area (Å²) in [5.41, 5.74) is 9.99. The van der Waals surface area contributed by atoms with Crippen molar-refractivity contribution in [3.8, 4) is 22.5 Å². The minimum atomic E-state index is -1.00. The smallest absolute Gasteiger partial charge is 0.407 e. The van der Waals surface area contributed by atoms with Gasteiger partial charge in [-0.25, -0.2) is 9.78 Å². The summed E-state index contributed by atoms with van der Waals surface area (Å²) >= 11 is 0. The fourth-order valence-corrected chi connectivity index (χ4v) is 7.37. The van der Waals surface area contributed by atoms with Crippen LogP contribution in [0, 0.1) is 18.8 Å². The maximum atomic E-state index is 14.5. The summed E-state index contributed by atoms with van der Waals surface area (Å²) in [4.78, 5) is 71.1. The van der Waals surface area contributed by atoms with Crippen LogP contribution < -0.4 is 26.6 Å². The van der Waals surface area contributed by atoms with Crippen LogP contribution in [0.3, 0.4) is 0 Å². The summed E-state index contributed by atoms with van der Waals surface area (Å²) in [6.45, 7) is 8.31. The third-order valence-electron chi connectivity index (χ3n) is 10.4. The zero-order chi connectivity index (χ0) is 40.7. The normalized spacial score (nSPS) is 18.8. The number of carbonyl (C=O) groups is 5. The Labute approximate surface area is 331 Å². The molecule has 6 rings (SSSR count). The highest BCUT2D eigenvalue weighted by Gasteiger charge is 2.36. The summed E-state index contributed by atoms with van der Waals surface area (Å²) in [5, 5.41) is 22.5. The Bertz CT molecular complexity index is 2060. The van der Waals surface area contributed by atoms with Crippen molar-refractivity contribution >= 4 is 35.4 Å². The van der Waals surface area contributed by atoms with Crippen molar-refractivity contribution in [2.24, 2.45) is 17.6 Å². The second kappa shape index (κ2) is 17.7. The second-order valence-electron chi connectivity index (χ2n) is 15.7. The third kappa shape index (κ3) is 10.4. The van der Waals surface area contributed by atoms with Gasteiger partial charge in [-0.05, 0) is 119 Å². The van der Waals surface area contributed by atoms with Gasteiger partial charge < -0.3 is 26.4 Å². The first kappa shape index (κ1) is 40.5. The molecule has 1 saturated carbocycles. The number of anilines is 1. The number of alkyl carbamates (subject to hydrolysis) is 1. The van der Waals surface area contributed by atoms with Gasteiger partial charge in [-0.15, -0.1) is 10.2 Å². The largest absolute Gasteiger partial charge is 0.444 e. The lowest BCUT2D eigenvalue weighted by Crippen LogP contribution is -2.52. The van der Waals surface area contributed by atoms with E-state index in [0.29, 0.717) is 55.1 Å². The van der Waals surface area contributed by atoms with Crippen molar-refractivity contribution < 1.29 is 28.7 Å². The van der Waals surface area contributed by atoms with Crippen LogP contribution in [0.4, 0.5) is 10.5 Å². The lowest BCUT2D eigenvalue weighted by atomic mass is 9.81. The van der Waals surface area contributed by atoms with E-state index in [1.807, 2.05) is 58.0 Å². The Morgan fingerprint density at radius 2 is 1.65 bits per heavy atom. The van der Waals surface area contributed by atoms with Crippen molar-refractivity contribution in [3.63, 3.8) is 0 Å². The molecule has 0 radical (unpaired) electrons. The number of piperidine rings is 1. The highest BCUT2D eigenvalue weighted by atomic mass is 16.6. The van der Waals surface area contributed by atoms with Gasteiger partial charge in [0, 0.05) is 47.9 Å². The Balaban J connectivity index is 1.17. The molecular formula is C41H50N10O6. The minimum absolute atomic E-state index is 0.161. The number of amides is 5. The molecule has 2 aliphatic rings. The summed E-state index contributed by atoms with van der Waals surface area (Å²) in [5.74, 6) is -1.23. The maximum Gasteiger partial charge on any atom is 0.407 e. The van der Waals surface area contributed by atoms with Gasteiger partial charge in [-0.3, -0.25) is 24.1 Å². The molecule has 1 saturated heterocycles. The van der Waals surface area contributed by atoms with Crippen LogP contribution in [0.25, 0.3) is 22.5 Å². The predicted octanol–water partition coefficient (Wildman–Crippen LogP) is 4.01. The van der Waals surface area contributed by atoms with E-state index >= 15 is 0 Å². The molecule has 57 heavy (non-hydrogen) atoms. The fraction of sp³-hybridized carbons (Fsp3) is 0.439. The molecule has 1 aliphatic carbocycles. The first-order valence-electron chi connectivity index (χ1n) is 19.3. The van der Waals surface area contributed by atoms with E-state index in [-0.39, 0.29) is 35.8 Å². The minimum Gasteiger partial charge on any atom is -0.444 e. The average molecular weight is 779 g/mol. The van der Waals surface area contributed by atoms with E-state index in [0.717, 1.165) is 36.0 Å². The Morgan fingerprint density at radius 3 is 2.26 bits per heavy atom. The van der Waals surface area contributed by atoms with E-state index in [1.54, 1.807) is 30.3 Å². The number of nitrogens with zero attached hydrogens (tertiary/aromatic N) is 5. The first-order valence-corrected chi connectivity index (χ1v) is 19.3. The number of benzene rings is 2. The molecule has 300 valence electrons. The predicted molar refractivity (Wildman–Crippen MR) is 211 cm³/mol. The van der Waals surface area contributed by atoms with Gasteiger partial charge in [0.1, 0.15) is 23.4 Å². The molecule has 2 atom stereocenters. The molecule has 2 fully saturated rings. The van der Waals surface area contributed by atoms with Crippen molar-refractivity contribution in [1.82, 2.24) is 41.6 Å². The van der Waals surface area contributed by atoms with Crippen molar-refractivity contribution in [2.45, 2.75) is 90.3 Å². The monoisotopic (exact) mass is 778 g/mol. The lowest BCUT2D eigenvalue weighted by molar-refractivity contribution is -0.127. The Morgan fingerprint density at radius 1 is 0.947 bits per heavy atom. The van der Waals surface area contributed by atoms with Crippen molar-refractivity contribution in [3.05, 3.63) is 77.6 Å². The number of aromatic amines is 1. The van der Waals surface area contributed by atoms with Crippen molar-refractivity contribution in [2.75, 3.05) is 18.0 Å². The van der Waals surface area contributed by atoms with Crippen LogP contribution in [0.2, 0.25) is 0 Å². The molecule has 5 amide bonds. The van der Waals surface area contributed by atoms with E-state index < -0.39 is 35.6 Å². The van der Waals surface area contributed by atoms with Gasteiger partial charge in [0.05, 0.1) is 0 Å². The van der Waals surface area contributed by atoms with Gasteiger partial charge in [0.2, 0.25) is 23.5 Å². The zero-order valence-corrected chi connectivity index (χ0v) is 32.7. The quantitative estimate of drug-likeness (QED) is 0.139. The zero-order valence-electron chi connectivity index (χ0n) is 32.7. The van der Waals surface area contributed by atoms with Crippen LogP contribution in [0.5, 0.6) is 0 Å². The summed E-state index contributed by atoms with van der Waals surface area (Å²) < 4.78 is 5.37. The van der Waals surface area contributed by atoms with E-state index in [2.05, 4.69) is 41.6 Å². The molecule has 3 heterocycles. The number of aryl methyl sites for hydroxylation is 1. The standard InChI is InChI=1S/C41H50N10O6/c1-24-31(19-20-33(45-24)38(54)46-32-6-5-21-43-37(32)53)27-11-7-25(8-12-27)22-34(35(42)52)51(30-17-15-28(16-18-30)36-47-49-50-48-36)39(55)29-13-9-26(10-14-29)23-44-40(56)57-41(2,3)4/h7-8,11-12,15-20,26,29,32,34H,5-6,9-10,13-14,21-23H2,1-4H3,(H2,42,52)(H,43,53)(H,44,56)(H,46,54)(H,47,48,49,50)/t26?,29?,32-,34-/m0/s1. The second-order valence-corrected chi connectivity index (χ2v) is 15.7. The number of tetrazole rings is 1. The van der Waals surface area contributed by atoms with Gasteiger partial charge >= 0.3 is 6.09 Å². The Kier molecular flexibility index (Phi) is 12.6. The average Bonchev–Trinajstić information content (AvgIpc) is 3.73. The molecule has 6 N–H and O–H groups in total. The summed E-state index contributed by atoms with van der Waals surface area (Å²) in [7, 11) is 0. The number of hydrogen-bond acceptors (Lipinski definition) is 10. The van der Waals surface area contributed by atoms with Crippen LogP contribution in [0.15, 0.2) is 60.7 Å². The number of primary amides is 1. The number of nitrogens with one attached hydrogen (secondary N) is 4. The maximum absolute atomic E-state index is 14.5. The topological polar surface area (TPSA) is 227 Å². The van der Waals surface area contributed by atoms with Gasteiger partial charge in [0.15, 0.2) is 0 Å². The van der Waals surface area contributed by atoms with Gasteiger partial charge in [-0.2, -0.15) is 5.21 Å². The van der Waals surface area contributed by atoms with E-state index in [9.17, 15) is 24.0 Å². The summed E-state index contributed by atoms with van der Waals surface area (Å²) in [6.07, 6.45) is 3.67. The molecule has 0 unspecified atom stereocenters. The number of pyridine rings is 1. The number of aromatic nitrogens is 5. The van der Waals surface area contributed by atoms with Crippen molar-refractivity contribution in [1.29, 1.82) is 0 Å². The van der Waals surface area contributed by atoms with Gasteiger partial charge in [-0.1, -0.05) is 30.3 Å². The number of hydrogen-bond donors (Lipinski definition) is 5. The molecule has 0 spiro atoms. The molecule has 1 aliphatic heterocycles. The highest BCUT2D eigenvalue weighted by Crippen LogP contribution is 2.33. The van der Waals surface area contributed by atoms with Gasteiger partial charge in [0.25, 0.3) is 5.91 Å². The molecule has 0 bridgehead atoms. The molecule has 2 aromatic carbocycles. The molecule has 16 heteroatoms. The number of nitrogens with two attached hydrogens (primary N) is 1. The number of carbonyl (C=O) groups excluding carboxylic acids is 5. The highest BCUT2D eigenvalue weighted by molar-refractivity contribution is 6.02. The van der Waals surface area contributed by atoms with Crippen LogP contribution >= 0.6 is 0 Å². The van der Waals surface area contributed by atoms with Crippen LogP contribution in [-0.4, -0.2) is 86.1 Å². The summed E-state index contributed by atoms with van der Waals surface area (Å²) in [6, 6.07) is 16.5. The van der Waals surface area contributed by atoms with E-state index in [4.69, 9.17) is 10.5 Å². The number of H-pyrrole nitrogens is 1. The van der Waals surface area contributed by atoms with Crippen LogP contribution in [0.1, 0.15) is 81.0 Å². The third-order valence-corrected chi connectivity index (χ3v) is 10.4. The van der Waals surface area contributed by atoms with E-state index in [1.165, 1.54) is 4.90 Å². The molecular weight excluding hydrogens is 729 g/mol. The molecule has 4 aromatic rings. The van der Waals surface area contributed by atoms with Crippen LogP contribution in [-0.2, 0) is 25.5 Å². The molecule has 16 nitrogen and oxygen atoms in total.